The van der Waals surface area contributed by atoms with Crippen molar-refractivity contribution >= 4 is 5.96 Å². The van der Waals surface area contributed by atoms with Gasteiger partial charge >= 0.3 is 0 Å². The topological polar surface area (TPSA) is 67.1 Å². The number of aromatic nitrogens is 3. The Morgan fingerprint density at radius 3 is 2.91 bits per heavy atom. The Labute approximate surface area is 137 Å². The van der Waals surface area contributed by atoms with Crippen LogP contribution in [0.3, 0.4) is 0 Å². The molecule has 1 unspecified atom stereocenters. The van der Waals surface area contributed by atoms with E-state index in [1.807, 2.05) is 6.07 Å². The van der Waals surface area contributed by atoms with Crippen molar-refractivity contribution in [3.8, 4) is 0 Å². The lowest BCUT2D eigenvalue weighted by Gasteiger charge is -2.18. The first-order chi connectivity index (χ1) is 11.3. The van der Waals surface area contributed by atoms with E-state index in [0.29, 0.717) is 6.54 Å². The number of fused-ring (bicyclic) bond motifs is 1. The zero-order valence-corrected chi connectivity index (χ0v) is 13.8. The third kappa shape index (κ3) is 3.70. The van der Waals surface area contributed by atoms with Gasteiger partial charge in [0, 0.05) is 19.5 Å². The molecule has 1 atom stereocenters. The monoisotopic (exact) mass is 312 g/mol. The summed E-state index contributed by atoms with van der Waals surface area (Å²) < 4.78 is 2.19. The fraction of sp³-hybridized carbons (Fsp3) is 0.471. The van der Waals surface area contributed by atoms with Gasteiger partial charge in [-0.15, -0.1) is 10.2 Å². The third-order valence-corrected chi connectivity index (χ3v) is 4.06. The molecule has 2 aromatic rings. The van der Waals surface area contributed by atoms with Crippen molar-refractivity contribution in [1.29, 1.82) is 0 Å². The van der Waals surface area contributed by atoms with Crippen molar-refractivity contribution in [3.05, 3.63) is 47.5 Å². The zero-order valence-electron chi connectivity index (χ0n) is 13.8. The fourth-order valence-corrected chi connectivity index (χ4v) is 2.83. The van der Waals surface area contributed by atoms with Crippen LogP contribution in [-0.2, 0) is 19.5 Å². The molecule has 6 heteroatoms. The smallest absolute Gasteiger partial charge is 0.192 e. The number of aryl methyl sites for hydroxylation is 1. The lowest BCUT2D eigenvalue weighted by atomic mass is 10.1. The maximum Gasteiger partial charge on any atom is 0.192 e. The molecule has 0 spiro atoms. The molecule has 0 fully saturated rings. The maximum atomic E-state index is 4.67. The van der Waals surface area contributed by atoms with E-state index in [1.165, 1.54) is 5.56 Å². The number of hydrogen-bond donors (Lipinski definition) is 2. The molecule has 0 aliphatic carbocycles. The van der Waals surface area contributed by atoms with Gasteiger partial charge in [-0.2, -0.15) is 0 Å². The Bertz CT molecular complexity index is 661. The minimum absolute atomic E-state index is 0.193. The molecule has 1 aromatic carbocycles. The van der Waals surface area contributed by atoms with Crippen molar-refractivity contribution in [2.75, 3.05) is 6.54 Å². The summed E-state index contributed by atoms with van der Waals surface area (Å²) in [7, 11) is 0. The zero-order chi connectivity index (χ0) is 16.1. The summed E-state index contributed by atoms with van der Waals surface area (Å²) in [5.41, 5.74) is 1.24. The van der Waals surface area contributed by atoms with Crippen LogP contribution in [0.2, 0.25) is 0 Å². The molecular weight excluding hydrogens is 288 g/mol. The van der Waals surface area contributed by atoms with Gasteiger partial charge in [0.15, 0.2) is 11.8 Å². The van der Waals surface area contributed by atoms with Crippen LogP contribution >= 0.6 is 0 Å². The number of nitrogens with zero attached hydrogens (tertiary/aromatic N) is 4. The van der Waals surface area contributed by atoms with Crippen LogP contribution in [0.4, 0.5) is 0 Å². The SMILES string of the molecule is CCNC(=NCc1nnc2n1CCC2)NC(C)c1ccccc1. The molecule has 0 radical (unpaired) electrons. The van der Waals surface area contributed by atoms with Gasteiger partial charge in [-0.3, -0.25) is 0 Å². The van der Waals surface area contributed by atoms with Crippen molar-refractivity contribution in [3.63, 3.8) is 0 Å². The Balaban J connectivity index is 1.68. The highest BCUT2D eigenvalue weighted by molar-refractivity contribution is 5.80. The van der Waals surface area contributed by atoms with Crippen LogP contribution in [0.25, 0.3) is 0 Å². The van der Waals surface area contributed by atoms with Crippen molar-refractivity contribution in [2.45, 2.75) is 45.8 Å². The summed E-state index contributed by atoms with van der Waals surface area (Å²) in [6, 6.07) is 10.6. The van der Waals surface area contributed by atoms with E-state index in [0.717, 1.165) is 43.5 Å². The Kier molecular flexibility index (Phi) is 4.90. The number of nitrogens with one attached hydrogen (secondary N) is 2. The molecule has 23 heavy (non-hydrogen) atoms. The molecule has 1 aliphatic heterocycles. The van der Waals surface area contributed by atoms with Crippen molar-refractivity contribution in [2.24, 2.45) is 4.99 Å². The van der Waals surface area contributed by atoms with E-state index in [-0.39, 0.29) is 6.04 Å². The molecular formula is C17H24N6. The number of hydrogen-bond acceptors (Lipinski definition) is 3. The van der Waals surface area contributed by atoms with E-state index in [1.54, 1.807) is 0 Å². The Hall–Kier alpha value is -2.37. The second-order valence-electron chi connectivity index (χ2n) is 5.76. The fourth-order valence-electron chi connectivity index (χ4n) is 2.83. The number of aliphatic imine (C=N–C) groups is 1. The summed E-state index contributed by atoms with van der Waals surface area (Å²) in [5, 5.41) is 15.2. The van der Waals surface area contributed by atoms with Crippen molar-refractivity contribution < 1.29 is 0 Å². The summed E-state index contributed by atoms with van der Waals surface area (Å²) in [6.07, 6.45) is 2.19. The predicted molar refractivity (Wildman–Crippen MR) is 91.2 cm³/mol. The molecule has 0 saturated heterocycles. The number of guanidine groups is 1. The van der Waals surface area contributed by atoms with Crippen LogP contribution in [0.15, 0.2) is 35.3 Å². The first-order valence-corrected chi connectivity index (χ1v) is 8.28. The molecule has 6 nitrogen and oxygen atoms in total. The summed E-state index contributed by atoms with van der Waals surface area (Å²) in [6.45, 7) is 6.59. The molecule has 1 aromatic heterocycles. The lowest BCUT2D eigenvalue weighted by molar-refractivity contribution is 0.667. The first kappa shape index (κ1) is 15.5. The lowest BCUT2D eigenvalue weighted by Crippen LogP contribution is -2.38. The minimum atomic E-state index is 0.193. The normalized spacial score (nSPS) is 15.3. The molecule has 3 rings (SSSR count). The van der Waals surface area contributed by atoms with Crippen molar-refractivity contribution in [1.82, 2.24) is 25.4 Å². The first-order valence-electron chi connectivity index (χ1n) is 8.28. The van der Waals surface area contributed by atoms with Gasteiger partial charge in [-0.05, 0) is 25.8 Å². The van der Waals surface area contributed by atoms with E-state index in [4.69, 9.17) is 0 Å². The summed E-state index contributed by atoms with van der Waals surface area (Å²) in [4.78, 5) is 4.67. The van der Waals surface area contributed by atoms with E-state index in [9.17, 15) is 0 Å². The molecule has 2 heterocycles. The molecule has 0 bridgehead atoms. The van der Waals surface area contributed by atoms with Gasteiger partial charge in [0.05, 0.1) is 6.04 Å². The number of benzene rings is 1. The second-order valence-corrected chi connectivity index (χ2v) is 5.76. The summed E-state index contributed by atoms with van der Waals surface area (Å²) >= 11 is 0. The van der Waals surface area contributed by atoms with Crippen LogP contribution in [0, 0.1) is 0 Å². The van der Waals surface area contributed by atoms with Gasteiger partial charge in [-0.25, -0.2) is 4.99 Å². The van der Waals surface area contributed by atoms with E-state index < -0.39 is 0 Å². The molecule has 2 N–H and O–H groups in total. The van der Waals surface area contributed by atoms with Gasteiger partial charge in [0.1, 0.15) is 12.4 Å². The molecule has 1 aliphatic rings. The average Bonchev–Trinajstić information content (AvgIpc) is 3.17. The second kappa shape index (κ2) is 7.26. The van der Waals surface area contributed by atoms with Crippen LogP contribution in [0.5, 0.6) is 0 Å². The van der Waals surface area contributed by atoms with Crippen LogP contribution in [-0.4, -0.2) is 27.3 Å². The minimum Gasteiger partial charge on any atom is -0.357 e. The molecule has 122 valence electrons. The highest BCUT2D eigenvalue weighted by atomic mass is 15.3. The van der Waals surface area contributed by atoms with Gasteiger partial charge in [-0.1, -0.05) is 30.3 Å². The largest absolute Gasteiger partial charge is 0.357 e. The quantitative estimate of drug-likeness (QED) is 0.655. The van der Waals surface area contributed by atoms with Gasteiger partial charge in [0.25, 0.3) is 0 Å². The third-order valence-electron chi connectivity index (χ3n) is 4.06. The maximum absolute atomic E-state index is 4.67. The molecule has 0 amide bonds. The Morgan fingerprint density at radius 1 is 1.30 bits per heavy atom. The van der Waals surface area contributed by atoms with E-state index in [2.05, 4.69) is 68.5 Å². The van der Waals surface area contributed by atoms with E-state index >= 15 is 0 Å². The highest BCUT2D eigenvalue weighted by Gasteiger charge is 2.17. The van der Waals surface area contributed by atoms with Gasteiger partial charge in [0.2, 0.25) is 0 Å². The van der Waals surface area contributed by atoms with Crippen LogP contribution in [0.1, 0.15) is 43.5 Å². The summed E-state index contributed by atoms with van der Waals surface area (Å²) in [5.74, 6) is 2.84. The Morgan fingerprint density at radius 2 is 2.13 bits per heavy atom. The predicted octanol–water partition coefficient (Wildman–Crippen LogP) is 2.04. The average molecular weight is 312 g/mol. The van der Waals surface area contributed by atoms with Gasteiger partial charge < -0.3 is 15.2 Å². The standard InChI is InChI=1S/C17H24N6/c1-3-18-17(20-13(2)14-8-5-4-6-9-14)19-12-16-22-21-15-10-7-11-23(15)16/h4-6,8-9,13H,3,7,10-12H2,1-2H3,(H2,18,19,20). The highest BCUT2D eigenvalue weighted by Crippen LogP contribution is 2.15. The molecule has 0 saturated carbocycles. The number of rotatable bonds is 5. The van der Waals surface area contributed by atoms with Crippen LogP contribution < -0.4 is 10.6 Å².